The van der Waals surface area contributed by atoms with Gasteiger partial charge in [-0.1, -0.05) is 44.0 Å². The van der Waals surface area contributed by atoms with Crippen LogP contribution < -0.4 is 0 Å². The number of nitrogens with zero attached hydrogens (tertiary/aromatic N) is 1. The molecule has 1 aromatic carbocycles. The van der Waals surface area contributed by atoms with Crippen LogP contribution in [0.4, 0.5) is 5.69 Å². The van der Waals surface area contributed by atoms with Gasteiger partial charge in [-0.2, -0.15) is 0 Å². The molecule has 1 aliphatic carbocycles. The quantitative estimate of drug-likeness (QED) is 0.475. The van der Waals surface area contributed by atoms with Gasteiger partial charge in [0.2, 0.25) is 0 Å². The maximum atomic E-state index is 10.4. The summed E-state index contributed by atoms with van der Waals surface area (Å²) in [5.74, 6) is 0.420. The van der Waals surface area contributed by atoms with Gasteiger partial charge in [-0.25, -0.2) is 0 Å². The van der Waals surface area contributed by atoms with E-state index in [0.717, 1.165) is 12.0 Å². The number of benzene rings is 1. The van der Waals surface area contributed by atoms with E-state index in [4.69, 9.17) is 0 Å². The second-order valence-electron chi connectivity index (χ2n) is 3.37. The molecule has 0 unspecified atom stereocenters. The van der Waals surface area contributed by atoms with E-state index in [1.165, 1.54) is 0 Å². The molecule has 0 bridgehead atoms. The molecule has 0 N–H and O–H groups in total. The lowest BCUT2D eigenvalue weighted by Crippen LogP contribution is -1.90. The summed E-state index contributed by atoms with van der Waals surface area (Å²) < 4.78 is 0.0101. The molecule has 5 heteroatoms. The Balaban J connectivity index is 2.20. The molecular weight excluding hydrogens is 314 g/mol. The zero-order chi connectivity index (χ0) is 10.3. The predicted octanol–water partition coefficient (Wildman–Crippen LogP) is 3.57. The molecule has 1 fully saturated rings. The molecule has 0 aromatic heterocycles. The van der Waals surface area contributed by atoms with Crippen molar-refractivity contribution in [3.63, 3.8) is 0 Å². The highest BCUT2D eigenvalue weighted by atomic mass is 79.9. The van der Waals surface area contributed by atoms with Gasteiger partial charge in [0.05, 0.1) is 8.16 Å². The first-order chi connectivity index (χ1) is 6.50. The summed E-state index contributed by atoms with van der Waals surface area (Å²) in [6, 6.07) is 6.72. The van der Waals surface area contributed by atoms with Crippen LogP contribution in [-0.4, -0.2) is 8.16 Å². The van der Waals surface area contributed by atoms with Crippen LogP contribution in [0, 0.1) is 10.1 Å². The number of nitro benzene ring substituents is 1. The van der Waals surface area contributed by atoms with Gasteiger partial charge in [-0.05, 0) is 12.0 Å². The molecule has 1 saturated carbocycles. The summed E-state index contributed by atoms with van der Waals surface area (Å²) in [4.78, 5) is 10.0. The molecule has 1 aromatic rings. The highest BCUT2D eigenvalue weighted by molar-refractivity contribution is 9.25. The standard InChI is InChI=1S/C9H7Br2NO2/c10-9(11)5-8(9)6-1-3-7(4-2-6)12(13)14/h1-4,8H,5H2/t8-/m1/s1. The molecular formula is C9H7Br2NO2. The third kappa shape index (κ3) is 1.83. The van der Waals surface area contributed by atoms with E-state index in [1.807, 2.05) is 12.1 Å². The summed E-state index contributed by atoms with van der Waals surface area (Å²) in [6.45, 7) is 0. The lowest BCUT2D eigenvalue weighted by Gasteiger charge is -2.00. The first kappa shape index (κ1) is 10.1. The van der Waals surface area contributed by atoms with Gasteiger partial charge in [-0.15, -0.1) is 0 Å². The normalized spacial score (nSPS) is 23.1. The maximum Gasteiger partial charge on any atom is 0.269 e. The van der Waals surface area contributed by atoms with Crippen molar-refractivity contribution in [2.75, 3.05) is 0 Å². The Labute approximate surface area is 97.9 Å². The Morgan fingerprint density at radius 1 is 1.36 bits per heavy atom. The van der Waals surface area contributed by atoms with Gasteiger partial charge in [0.15, 0.2) is 0 Å². The average molecular weight is 321 g/mol. The number of halogens is 2. The first-order valence-electron chi connectivity index (χ1n) is 4.13. The molecule has 1 aliphatic rings. The van der Waals surface area contributed by atoms with Gasteiger partial charge in [0.25, 0.3) is 5.69 Å². The SMILES string of the molecule is O=[N+]([O-])c1ccc([C@H]2CC2(Br)Br)cc1. The van der Waals surface area contributed by atoms with Gasteiger partial charge in [0.1, 0.15) is 0 Å². The predicted molar refractivity (Wildman–Crippen MR) is 61.0 cm³/mol. The fourth-order valence-corrected chi connectivity index (χ4v) is 2.58. The monoisotopic (exact) mass is 319 g/mol. The third-order valence-corrected chi connectivity index (χ3v) is 4.09. The van der Waals surface area contributed by atoms with Crippen molar-refractivity contribution in [2.45, 2.75) is 15.6 Å². The van der Waals surface area contributed by atoms with Gasteiger partial charge >= 0.3 is 0 Å². The Bertz CT molecular complexity index is 375. The Hall–Kier alpha value is -0.420. The second kappa shape index (κ2) is 3.31. The minimum absolute atomic E-state index is 0.0101. The summed E-state index contributed by atoms with van der Waals surface area (Å²) in [6.07, 6.45) is 1.02. The van der Waals surface area contributed by atoms with Crippen molar-refractivity contribution < 1.29 is 4.92 Å². The van der Waals surface area contributed by atoms with Crippen LogP contribution in [0.15, 0.2) is 24.3 Å². The van der Waals surface area contributed by atoms with Crippen molar-refractivity contribution in [2.24, 2.45) is 0 Å². The fraction of sp³-hybridized carbons (Fsp3) is 0.333. The minimum Gasteiger partial charge on any atom is -0.258 e. The van der Waals surface area contributed by atoms with Gasteiger partial charge < -0.3 is 0 Å². The summed E-state index contributed by atoms with van der Waals surface area (Å²) in [7, 11) is 0. The summed E-state index contributed by atoms with van der Waals surface area (Å²) in [5, 5.41) is 10.4. The van der Waals surface area contributed by atoms with Gasteiger partial charge in [0, 0.05) is 18.1 Å². The van der Waals surface area contributed by atoms with Crippen LogP contribution in [-0.2, 0) is 0 Å². The highest BCUT2D eigenvalue weighted by Crippen LogP contribution is 2.62. The number of rotatable bonds is 2. The topological polar surface area (TPSA) is 43.1 Å². The third-order valence-electron chi connectivity index (χ3n) is 2.33. The van der Waals surface area contributed by atoms with E-state index in [1.54, 1.807) is 12.1 Å². The molecule has 14 heavy (non-hydrogen) atoms. The summed E-state index contributed by atoms with van der Waals surface area (Å²) in [5.41, 5.74) is 1.27. The van der Waals surface area contributed by atoms with Crippen molar-refractivity contribution in [1.29, 1.82) is 0 Å². The van der Waals surface area contributed by atoms with Crippen molar-refractivity contribution in [3.05, 3.63) is 39.9 Å². The van der Waals surface area contributed by atoms with E-state index in [2.05, 4.69) is 31.9 Å². The largest absolute Gasteiger partial charge is 0.269 e. The molecule has 1 atom stereocenters. The zero-order valence-electron chi connectivity index (χ0n) is 7.11. The molecule has 0 heterocycles. The Morgan fingerprint density at radius 2 is 1.86 bits per heavy atom. The molecule has 2 rings (SSSR count). The van der Waals surface area contributed by atoms with E-state index < -0.39 is 0 Å². The fourth-order valence-electron chi connectivity index (χ4n) is 1.40. The van der Waals surface area contributed by atoms with E-state index in [9.17, 15) is 10.1 Å². The lowest BCUT2D eigenvalue weighted by atomic mass is 10.1. The van der Waals surface area contributed by atoms with Crippen LogP contribution in [0.3, 0.4) is 0 Å². The number of hydrogen-bond acceptors (Lipinski definition) is 2. The van der Waals surface area contributed by atoms with Crippen LogP contribution in [0.5, 0.6) is 0 Å². The smallest absolute Gasteiger partial charge is 0.258 e. The van der Waals surface area contributed by atoms with E-state index >= 15 is 0 Å². The summed E-state index contributed by atoms with van der Waals surface area (Å²) >= 11 is 7.04. The minimum atomic E-state index is -0.383. The number of nitro groups is 1. The molecule has 3 nitrogen and oxygen atoms in total. The van der Waals surface area contributed by atoms with Crippen molar-refractivity contribution >= 4 is 37.5 Å². The maximum absolute atomic E-state index is 10.4. The van der Waals surface area contributed by atoms with Gasteiger partial charge in [-0.3, -0.25) is 10.1 Å². The van der Waals surface area contributed by atoms with Crippen molar-refractivity contribution in [3.8, 4) is 0 Å². The van der Waals surface area contributed by atoms with Crippen LogP contribution in [0.2, 0.25) is 0 Å². The van der Waals surface area contributed by atoms with Crippen LogP contribution in [0.1, 0.15) is 17.9 Å². The van der Waals surface area contributed by atoms with Crippen LogP contribution >= 0.6 is 31.9 Å². The molecule has 0 radical (unpaired) electrons. The molecule has 0 saturated heterocycles. The number of alkyl halides is 2. The zero-order valence-corrected chi connectivity index (χ0v) is 10.3. The number of hydrogen-bond donors (Lipinski definition) is 0. The van der Waals surface area contributed by atoms with Crippen LogP contribution in [0.25, 0.3) is 0 Å². The average Bonchev–Trinajstić information content (AvgIpc) is 2.75. The second-order valence-corrected chi connectivity index (χ2v) is 7.26. The molecule has 0 aliphatic heterocycles. The lowest BCUT2D eigenvalue weighted by molar-refractivity contribution is -0.384. The highest BCUT2D eigenvalue weighted by Gasteiger charge is 2.51. The van der Waals surface area contributed by atoms with E-state index in [0.29, 0.717) is 5.92 Å². The van der Waals surface area contributed by atoms with Crippen molar-refractivity contribution in [1.82, 2.24) is 0 Å². The Kier molecular flexibility index (Phi) is 2.39. The first-order valence-corrected chi connectivity index (χ1v) is 5.71. The van der Waals surface area contributed by atoms with E-state index in [-0.39, 0.29) is 13.8 Å². The Morgan fingerprint density at radius 3 is 2.21 bits per heavy atom. The molecule has 74 valence electrons. The number of non-ortho nitro benzene ring substituents is 1. The molecule has 0 spiro atoms. The molecule has 0 amide bonds.